The molecule has 48 valence electrons. The Kier molecular flexibility index (Phi) is 18.9. The van der Waals surface area contributed by atoms with E-state index in [2.05, 4.69) is 0 Å². The third-order valence-corrected chi connectivity index (χ3v) is 0. The summed E-state index contributed by atoms with van der Waals surface area (Å²) in [4.78, 5) is 16.7. The van der Waals surface area contributed by atoms with E-state index in [0.717, 1.165) is 0 Å². The van der Waals surface area contributed by atoms with Crippen LogP contribution >= 0.6 is 0 Å². The fraction of sp³-hybridized carbons (Fsp3) is 0. The molecule has 0 aliphatic carbocycles. The SMILES string of the molecule is O=[N+]([O-])O.O=[N+]([O-])O.[Ce+4]. The van der Waals surface area contributed by atoms with Gasteiger partial charge in [-0.25, -0.2) is 0 Å². The fourth-order valence-corrected chi connectivity index (χ4v) is 0. The molecule has 9 heteroatoms. The molecule has 0 saturated heterocycles. The molecule has 0 aromatic carbocycles. The van der Waals surface area contributed by atoms with Gasteiger partial charge in [0.25, 0.3) is 10.2 Å². The Morgan fingerprint density at radius 1 is 1.00 bits per heavy atom. The molecule has 0 spiro atoms. The van der Waals surface area contributed by atoms with Crippen molar-refractivity contribution in [2.45, 2.75) is 0 Å². The molecule has 0 aliphatic heterocycles. The molecule has 0 saturated carbocycles. The molecule has 0 fully saturated rings. The number of hydrogen-bond donors (Lipinski definition) is 2. The first-order valence-electron chi connectivity index (χ1n) is 1.13. The number of nitrogens with zero attached hydrogens (tertiary/aromatic N) is 2. The average Bonchev–Trinajstić information content (AvgIpc) is 1.25. The molecule has 0 radical (unpaired) electrons. The van der Waals surface area contributed by atoms with Gasteiger partial charge in [0, 0.05) is 0 Å². The second-order valence-corrected chi connectivity index (χ2v) is 0.476. The van der Waals surface area contributed by atoms with Gasteiger partial charge in [-0.3, -0.25) is 0 Å². The summed E-state index contributed by atoms with van der Waals surface area (Å²) in [7, 11) is 0. The van der Waals surface area contributed by atoms with E-state index < -0.39 is 10.2 Å². The molecular formula is H2CeN2O6+4. The van der Waals surface area contributed by atoms with Gasteiger partial charge < -0.3 is 10.4 Å². The maximum absolute atomic E-state index is 8.36. The monoisotopic (exact) mass is 266 g/mol. The third kappa shape index (κ3) is 5200. The Labute approximate surface area is 82.1 Å². The van der Waals surface area contributed by atoms with E-state index in [9.17, 15) is 0 Å². The normalized spacial score (nSPS) is 5.33. The predicted molar refractivity (Wildman–Crippen MR) is 17.6 cm³/mol. The van der Waals surface area contributed by atoms with Gasteiger partial charge >= 0.3 is 41.7 Å². The van der Waals surface area contributed by atoms with E-state index >= 15 is 0 Å². The second kappa shape index (κ2) is 10.7. The Balaban J connectivity index is -0.0000000720. The molecule has 0 unspecified atom stereocenters. The van der Waals surface area contributed by atoms with Crippen molar-refractivity contribution in [3.05, 3.63) is 20.2 Å². The Morgan fingerprint density at radius 3 is 1.00 bits per heavy atom. The van der Waals surface area contributed by atoms with Gasteiger partial charge in [-0.2, -0.15) is 0 Å². The number of rotatable bonds is 0. The average molecular weight is 266 g/mol. The summed E-state index contributed by atoms with van der Waals surface area (Å²) < 4.78 is 0. The molecule has 0 aromatic heterocycles. The minimum Gasteiger partial charge on any atom is -0.328 e. The molecule has 9 heavy (non-hydrogen) atoms. The van der Waals surface area contributed by atoms with Crippen LogP contribution in [0.5, 0.6) is 0 Å². The van der Waals surface area contributed by atoms with E-state index in [1.807, 2.05) is 0 Å². The summed E-state index contributed by atoms with van der Waals surface area (Å²) in [6.07, 6.45) is 0. The summed E-state index contributed by atoms with van der Waals surface area (Å²) >= 11 is 0. The molecule has 0 rings (SSSR count). The third-order valence-electron chi connectivity index (χ3n) is 0. The quantitative estimate of drug-likeness (QED) is 0.441. The van der Waals surface area contributed by atoms with Gasteiger partial charge in [0.1, 0.15) is 0 Å². The van der Waals surface area contributed by atoms with Crippen LogP contribution in [0.2, 0.25) is 0 Å². The first kappa shape index (κ1) is 15.9. The summed E-state index contributed by atoms with van der Waals surface area (Å²) in [5.41, 5.74) is 0. The van der Waals surface area contributed by atoms with Gasteiger partial charge in [0.05, 0.1) is 0 Å². The van der Waals surface area contributed by atoms with Gasteiger partial charge in [-0.15, -0.1) is 20.2 Å². The summed E-state index contributed by atoms with van der Waals surface area (Å²) in [5.74, 6) is 0. The standard InChI is InChI=1S/Ce.2HNO3/c;2*2-1(3)4/h;2*(H,2,3,4)/q+4;;. The van der Waals surface area contributed by atoms with Crippen molar-refractivity contribution in [1.29, 1.82) is 0 Å². The molecule has 8 nitrogen and oxygen atoms in total. The first-order valence-corrected chi connectivity index (χ1v) is 1.13. The molecule has 0 aliphatic rings. The molecule has 0 aromatic rings. The van der Waals surface area contributed by atoms with Crippen LogP contribution in [0.4, 0.5) is 0 Å². The van der Waals surface area contributed by atoms with Crippen molar-refractivity contribution in [3.63, 3.8) is 0 Å². The van der Waals surface area contributed by atoms with E-state index in [-0.39, 0.29) is 41.7 Å². The molecule has 0 amide bonds. The van der Waals surface area contributed by atoms with Crippen LogP contribution in [0, 0.1) is 62.0 Å². The maximum Gasteiger partial charge on any atom is 4.00 e. The van der Waals surface area contributed by atoms with Crippen molar-refractivity contribution in [1.82, 2.24) is 0 Å². The summed E-state index contributed by atoms with van der Waals surface area (Å²) in [6, 6.07) is 0. The summed E-state index contributed by atoms with van der Waals surface area (Å²) in [6.45, 7) is 0. The number of hydrogen-bond acceptors (Lipinski definition) is 4. The zero-order valence-electron chi connectivity index (χ0n) is 3.92. The van der Waals surface area contributed by atoms with Gasteiger partial charge in [-0.1, -0.05) is 0 Å². The van der Waals surface area contributed by atoms with Crippen LogP contribution in [0.25, 0.3) is 0 Å². The van der Waals surface area contributed by atoms with Crippen molar-refractivity contribution < 1.29 is 62.3 Å². The van der Waals surface area contributed by atoms with Crippen molar-refractivity contribution in [3.8, 4) is 0 Å². The maximum atomic E-state index is 8.36. The molecule has 2 N–H and O–H groups in total. The largest absolute Gasteiger partial charge is 4.00 e. The molecular weight excluding hydrogens is 264 g/mol. The molecule has 0 atom stereocenters. The van der Waals surface area contributed by atoms with Crippen LogP contribution in [-0.4, -0.2) is 20.6 Å². The topological polar surface area (TPSA) is 127 Å². The second-order valence-electron chi connectivity index (χ2n) is 0.476. The Hall–Kier alpha value is -0.223. The van der Waals surface area contributed by atoms with Crippen molar-refractivity contribution >= 4 is 0 Å². The zero-order valence-corrected chi connectivity index (χ0v) is 7.06. The van der Waals surface area contributed by atoms with Gasteiger partial charge in [0.2, 0.25) is 0 Å². The Bertz CT molecular complexity index is 69.1. The van der Waals surface area contributed by atoms with Crippen molar-refractivity contribution in [2.75, 3.05) is 0 Å². The fourth-order valence-electron chi connectivity index (χ4n) is 0. The van der Waals surface area contributed by atoms with E-state index in [1.54, 1.807) is 0 Å². The first-order chi connectivity index (χ1) is 3.46. The summed E-state index contributed by atoms with van der Waals surface area (Å²) in [5, 5.41) is 27.3. The van der Waals surface area contributed by atoms with Crippen molar-refractivity contribution in [2.24, 2.45) is 0 Å². The molecule has 0 heterocycles. The van der Waals surface area contributed by atoms with Crippen LogP contribution in [0.3, 0.4) is 0 Å². The van der Waals surface area contributed by atoms with E-state index in [0.29, 0.717) is 0 Å². The van der Waals surface area contributed by atoms with Gasteiger partial charge in [0.15, 0.2) is 0 Å². The van der Waals surface area contributed by atoms with E-state index in [4.69, 9.17) is 30.6 Å². The van der Waals surface area contributed by atoms with Crippen LogP contribution < -0.4 is 0 Å². The minimum absolute atomic E-state index is 0. The van der Waals surface area contributed by atoms with E-state index in [1.165, 1.54) is 0 Å². The Morgan fingerprint density at radius 2 is 1.00 bits per heavy atom. The molecule has 0 bridgehead atoms. The van der Waals surface area contributed by atoms with Crippen LogP contribution in [-0.2, 0) is 0 Å². The smallest absolute Gasteiger partial charge is 0.328 e. The van der Waals surface area contributed by atoms with Crippen LogP contribution in [0.1, 0.15) is 0 Å². The predicted octanol–water partition coefficient (Wildman–Crippen LogP) is -0.695. The minimum atomic E-state index is -1.50. The zero-order chi connectivity index (χ0) is 7.15. The van der Waals surface area contributed by atoms with Gasteiger partial charge in [-0.05, 0) is 0 Å². The van der Waals surface area contributed by atoms with Crippen LogP contribution in [0.15, 0.2) is 0 Å².